The number of carbonyl (C=O) groups is 1. The van der Waals surface area contributed by atoms with Crippen LogP contribution in [0.5, 0.6) is 0 Å². The van der Waals surface area contributed by atoms with E-state index >= 15 is 0 Å². The lowest BCUT2D eigenvalue weighted by Crippen LogP contribution is -2.33. The lowest BCUT2D eigenvalue weighted by atomic mass is 9.92. The van der Waals surface area contributed by atoms with Crippen LogP contribution in [-0.2, 0) is 30.9 Å². The molecule has 2 aromatic carbocycles. The molecule has 1 fully saturated rings. The molecule has 0 unspecified atom stereocenters. The summed E-state index contributed by atoms with van der Waals surface area (Å²) in [5.74, 6) is -0.849. The van der Waals surface area contributed by atoms with Crippen molar-refractivity contribution in [2.75, 3.05) is 10.6 Å². The normalized spacial score (nSPS) is 17.5. The van der Waals surface area contributed by atoms with E-state index in [1.54, 1.807) is 24.0 Å². The molecule has 1 saturated carbocycles. The van der Waals surface area contributed by atoms with Gasteiger partial charge in [-0.15, -0.1) is 0 Å². The van der Waals surface area contributed by atoms with Crippen LogP contribution in [0, 0.1) is 5.82 Å². The number of nitrogens with one attached hydrogen (secondary N) is 2. The van der Waals surface area contributed by atoms with Gasteiger partial charge in [0, 0.05) is 42.3 Å². The number of nitrogens with two attached hydrogens (primary N) is 1. The van der Waals surface area contributed by atoms with Gasteiger partial charge in [-0.3, -0.25) is 9.48 Å². The average molecular weight is 570 g/mol. The molecule has 8 nitrogen and oxygen atoms in total. The van der Waals surface area contributed by atoms with Gasteiger partial charge in [-0.2, -0.15) is 18.3 Å². The highest BCUT2D eigenvalue weighted by molar-refractivity contribution is 5.93. The summed E-state index contributed by atoms with van der Waals surface area (Å²) in [7, 11) is 1.70. The molecule has 5 rings (SSSR count). The van der Waals surface area contributed by atoms with E-state index in [4.69, 9.17) is 10.7 Å². The highest BCUT2D eigenvalue weighted by Crippen LogP contribution is 2.33. The Hall–Kier alpha value is -4.06. The molecule has 0 radical (unpaired) electrons. The summed E-state index contributed by atoms with van der Waals surface area (Å²) in [6.45, 7) is 2.03. The first-order valence-electron chi connectivity index (χ1n) is 13.5. The Morgan fingerprint density at radius 2 is 1.85 bits per heavy atom. The van der Waals surface area contributed by atoms with E-state index in [1.165, 1.54) is 0 Å². The number of amides is 1. The monoisotopic (exact) mass is 569 g/mol. The van der Waals surface area contributed by atoms with Crippen LogP contribution in [-0.4, -0.2) is 37.7 Å². The molecule has 0 aliphatic heterocycles. The maximum absolute atomic E-state index is 13.6. The van der Waals surface area contributed by atoms with Crippen LogP contribution in [0.4, 0.5) is 29.3 Å². The topological polar surface area (TPSA) is 111 Å². The summed E-state index contributed by atoms with van der Waals surface area (Å²) in [4.78, 5) is 21.9. The lowest BCUT2D eigenvalue weighted by molar-refractivity contribution is -0.138. The van der Waals surface area contributed by atoms with Crippen molar-refractivity contribution in [3.05, 3.63) is 65.1 Å². The van der Waals surface area contributed by atoms with Crippen LogP contribution in [0.2, 0.25) is 0 Å². The zero-order chi connectivity index (χ0) is 29.3. The van der Waals surface area contributed by atoms with Crippen molar-refractivity contribution in [3.63, 3.8) is 0 Å². The van der Waals surface area contributed by atoms with Gasteiger partial charge in [0.2, 0.25) is 11.9 Å². The molecule has 0 spiro atoms. The Balaban J connectivity index is 1.35. The highest BCUT2D eigenvalue weighted by Gasteiger charge is 2.34. The largest absolute Gasteiger partial charge is 0.416 e. The molecular formula is C29H31F4N7O. The van der Waals surface area contributed by atoms with Crippen molar-refractivity contribution < 1.29 is 22.4 Å². The predicted molar refractivity (Wildman–Crippen MR) is 149 cm³/mol. The summed E-state index contributed by atoms with van der Waals surface area (Å²) in [5, 5.41) is 11.1. The van der Waals surface area contributed by atoms with E-state index in [0.29, 0.717) is 23.8 Å². The van der Waals surface area contributed by atoms with Gasteiger partial charge in [0.25, 0.3) is 0 Å². The van der Waals surface area contributed by atoms with Crippen LogP contribution < -0.4 is 16.4 Å². The fourth-order valence-corrected chi connectivity index (χ4v) is 5.30. The molecular weight excluding hydrogens is 538 g/mol. The number of anilines is 2. The Morgan fingerprint density at radius 1 is 1.10 bits per heavy atom. The molecule has 1 aliphatic carbocycles. The van der Waals surface area contributed by atoms with Gasteiger partial charge in [0.15, 0.2) is 5.82 Å². The number of hydrogen-bond donors (Lipinski definition) is 3. The van der Waals surface area contributed by atoms with E-state index in [-0.39, 0.29) is 11.9 Å². The third-order valence-electron chi connectivity index (χ3n) is 7.41. The third kappa shape index (κ3) is 6.48. The molecule has 12 heteroatoms. The fraction of sp³-hybridized carbons (Fsp3) is 0.379. The highest BCUT2D eigenvalue weighted by atomic mass is 19.4. The summed E-state index contributed by atoms with van der Waals surface area (Å²) in [6.07, 6.45) is 1.03. The molecule has 216 valence electrons. The second-order valence-corrected chi connectivity index (χ2v) is 10.4. The van der Waals surface area contributed by atoms with Crippen LogP contribution in [0.25, 0.3) is 22.2 Å². The first-order valence-corrected chi connectivity index (χ1v) is 13.5. The summed E-state index contributed by atoms with van der Waals surface area (Å²) in [6, 6.07) is 8.20. The molecule has 4 N–H and O–H groups in total. The quantitative estimate of drug-likeness (QED) is 0.250. The zero-order valence-corrected chi connectivity index (χ0v) is 22.7. The molecule has 2 heterocycles. The zero-order valence-electron chi connectivity index (χ0n) is 22.7. The van der Waals surface area contributed by atoms with Gasteiger partial charge in [-0.1, -0.05) is 6.92 Å². The van der Waals surface area contributed by atoms with Crippen LogP contribution in [0.15, 0.2) is 42.6 Å². The number of aryl methyl sites for hydroxylation is 2. The molecule has 4 aromatic rings. The second kappa shape index (κ2) is 11.4. The van der Waals surface area contributed by atoms with Crippen molar-refractivity contribution in [2.24, 2.45) is 12.8 Å². The van der Waals surface area contributed by atoms with Crippen LogP contribution in [0.1, 0.15) is 49.3 Å². The minimum absolute atomic E-state index is 0.165. The number of aromatic nitrogens is 4. The fourth-order valence-electron chi connectivity index (χ4n) is 5.30. The van der Waals surface area contributed by atoms with Gasteiger partial charge in [-0.25, -0.2) is 14.4 Å². The summed E-state index contributed by atoms with van der Waals surface area (Å²) in [5.41, 5.74) is 7.86. The molecule has 0 atom stereocenters. The van der Waals surface area contributed by atoms with Gasteiger partial charge in [0.1, 0.15) is 5.82 Å². The smallest absolute Gasteiger partial charge is 0.351 e. The first-order chi connectivity index (χ1) is 19.5. The Labute approximate surface area is 234 Å². The maximum Gasteiger partial charge on any atom is 0.416 e. The minimum atomic E-state index is -4.71. The Kier molecular flexibility index (Phi) is 7.94. The molecule has 0 saturated heterocycles. The van der Waals surface area contributed by atoms with E-state index < -0.39 is 35.4 Å². The number of benzene rings is 2. The van der Waals surface area contributed by atoms with E-state index in [9.17, 15) is 22.4 Å². The van der Waals surface area contributed by atoms with Gasteiger partial charge < -0.3 is 16.4 Å². The number of fused-ring (bicyclic) bond motifs is 1. The lowest BCUT2D eigenvalue weighted by Gasteiger charge is -2.26. The van der Waals surface area contributed by atoms with E-state index in [1.807, 2.05) is 19.1 Å². The van der Waals surface area contributed by atoms with Crippen molar-refractivity contribution >= 4 is 28.6 Å². The van der Waals surface area contributed by atoms with Crippen LogP contribution >= 0.6 is 0 Å². The Bertz CT molecular complexity index is 1580. The van der Waals surface area contributed by atoms with Gasteiger partial charge >= 0.3 is 6.18 Å². The number of halogens is 4. The standard InChI is InChI=1S/C29H31F4N7O/c1-3-16-10-18(11-19-15-35-28(38-27(16)19)36-22-7-5-21(34)6-8-22)24-14-25(39-40(24)2)37-26(41)13-17-12-20(30)4-9-23(17)29(31,32)33/h4,9-12,14-15,21-22H,3,5-8,13,34H2,1-2H3,(H,35,36,38)(H,37,39,41). The van der Waals surface area contributed by atoms with Crippen molar-refractivity contribution in [1.29, 1.82) is 0 Å². The summed E-state index contributed by atoms with van der Waals surface area (Å²) >= 11 is 0. The van der Waals surface area contributed by atoms with Crippen molar-refractivity contribution in [3.8, 4) is 11.3 Å². The van der Waals surface area contributed by atoms with Crippen molar-refractivity contribution in [1.82, 2.24) is 19.7 Å². The summed E-state index contributed by atoms with van der Waals surface area (Å²) < 4.78 is 55.2. The van der Waals surface area contributed by atoms with E-state index in [0.717, 1.165) is 66.3 Å². The minimum Gasteiger partial charge on any atom is -0.351 e. The first kappa shape index (κ1) is 28.5. The number of hydrogen-bond acceptors (Lipinski definition) is 6. The number of alkyl halides is 3. The molecule has 0 bridgehead atoms. The second-order valence-electron chi connectivity index (χ2n) is 10.4. The molecule has 41 heavy (non-hydrogen) atoms. The van der Waals surface area contributed by atoms with Gasteiger partial charge in [0.05, 0.1) is 23.2 Å². The maximum atomic E-state index is 13.6. The molecule has 1 aliphatic rings. The number of rotatable bonds is 7. The predicted octanol–water partition coefficient (Wildman–Crippen LogP) is 5.61. The van der Waals surface area contributed by atoms with Gasteiger partial charge in [-0.05, 0) is 73.6 Å². The van der Waals surface area contributed by atoms with Crippen LogP contribution in [0.3, 0.4) is 0 Å². The average Bonchev–Trinajstić information content (AvgIpc) is 3.28. The van der Waals surface area contributed by atoms with E-state index in [2.05, 4.69) is 20.7 Å². The third-order valence-corrected chi connectivity index (χ3v) is 7.41. The number of carbonyl (C=O) groups excluding carboxylic acids is 1. The number of nitrogens with zero attached hydrogens (tertiary/aromatic N) is 4. The van der Waals surface area contributed by atoms with Crippen molar-refractivity contribution in [2.45, 2.75) is 63.7 Å². The molecule has 2 aromatic heterocycles. The SMILES string of the molecule is CCc1cc(-c2cc(NC(=O)Cc3cc(F)ccc3C(F)(F)F)nn2C)cc2cnc(NC3CCC(N)CC3)nc12. The molecule has 1 amide bonds. The Morgan fingerprint density at radius 3 is 2.56 bits per heavy atom.